The number of thiophene rings is 1. The van der Waals surface area contributed by atoms with E-state index in [0.29, 0.717) is 12.1 Å². The molecule has 20 heavy (non-hydrogen) atoms. The van der Waals surface area contributed by atoms with Crippen LogP contribution >= 0.6 is 11.3 Å². The van der Waals surface area contributed by atoms with E-state index in [1.54, 1.807) is 0 Å². The Hall–Kier alpha value is -0.380. The zero-order chi connectivity index (χ0) is 14.2. The van der Waals surface area contributed by atoms with Gasteiger partial charge in [0.15, 0.2) is 0 Å². The lowest BCUT2D eigenvalue weighted by Gasteiger charge is -2.36. The van der Waals surface area contributed by atoms with Crippen LogP contribution in [0.1, 0.15) is 50.8 Å². The van der Waals surface area contributed by atoms with Crippen molar-refractivity contribution in [3.05, 3.63) is 22.4 Å². The van der Waals surface area contributed by atoms with Crippen LogP contribution in [-0.4, -0.2) is 25.3 Å². The summed E-state index contributed by atoms with van der Waals surface area (Å²) in [5, 5.41) is 5.86. The van der Waals surface area contributed by atoms with Gasteiger partial charge >= 0.3 is 0 Å². The third-order valence-corrected chi connectivity index (χ3v) is 5.24. The van der Waals surface area contributed by atoms with Crippen LogP contribution in [0.25, 0.3) is 0 Å². The molecule has 0 aromatic carbocycles. The van der Waals surface area contributed by atoms with Gasteiger partial charge in [0.25, 0.3) is 0 Å². The van der Waals surface area contributed by atoms with Crippen molar-refractivity contribution in [2.24, 2.45) is 5.92 Å². The van der Waals surface area contributed by atoms with Crippen molar-refractivity contribution in [3.8, 4) is 0 Å². The SMILES string of the molecule is CCNC(Cc1cccs1)C(OCC)C1CCCCC1. The topological polar surface area (TPSA) is 21.3 Å². The standard InChI is InChI=1S/C17H29NOS/c1-3-18-16(13-15-11-8-12-20-15)17(19-4-2)14-9-6-5-7-10-14/h8,11-12,14,16-18H,3-7,9-10,13H2,1-2H3. The van der Waals surface area contributed by atoms with Crippen LogP contribution < -0.4 is 5.32 Å². The van der Waals surface area contributed by atoms with E-state index in [4.69, 9.17) is 4.74 Å². The second-order valence-electron chi connectivity index (χ2n) is 5.77. The van der Waals surface area contributed by atoms with Crippen LogP contribution in [0, 0.1) is 5.92 Å². The first-order chi connectivity index (χ1) is 9.85. The maximum absolute atomic E-state index is 6.19. The van der Waals surface area contributed by atoms with Gasteiger partial charge in [0.1, 0.15) is 0 Å². The summed E-state index contributed by atoms with van der Waals surface area (Å²) in [7, 11) is 0. The fourth-order valence-electron chi connectivity index (χ4n) is 3.45. The number of hydrogen-bond acceptors (Lipinski definition) is 3. The molecule has 1 aromatic rings. The van der Waals surface area contributed by atoms with Crippen molar-refractivity contribution in [2.45, 2.75) is 64.5 Å². The van der Waals surface area contributed by atoms with E-state index >= 15 is 0 Å². The maximum Gasteiger partial charge on any atom is 0.0759 e. The Labute approximate surface area is 127 Å². The fourth-order valence-corrected chi connectivity index (χ4v) is 4.21. The molecule has 0 bridgehead atoms. The molecule has 2 rings (SSSR count). The van der Waals surface area contributed by atoms with Gasteiger partial charge in [-0.3, -0.25) is 0 Å². The minimum atomic E-state index is 0.377. The van der Waals surface area contributed by atoms with Crippen molar-refractivity contribution in [2.75, 3.05) is 13.2 Å². The first-order valence-electron chi connectivity index (χ1n) is 8.22. The normalized spacial score (nSPS) is 19.9. The lowest BCUT2D eigenvalue weighted by molar-refractivity contribution is -0.0169. The van der Waals surface area contributed by atoms with Crippen molar-refractivity contribution in [3.63, 3.8) is 0 Å². The lowest BCUT2D eigenvalue weighted by atomic mass is 9.81. The molecule has 1 aliphatic rings. The van der Waals surface area contributed by atoms with Crippen LogP contribution in [0.4, 0.5) is 0 Å². The van der Waals surface area contributed by atoms with E-state index in [9.17, 15) is 0 Å². The highest BCUT2D eigenvalue weighted by molar-refractivity contribution is 7.09. The van der Waals surface area contributed by atoms with E-state index in [0.717, 1.165) is 25.5 Å². The second-order valence-corrected chi connectivity index (χ2v) is 6.80. The number of hydrogen-bond donors (Lipinski definition) is 1. The summed E-state index contributed by atoms with van der Waals surface area (Å²) in [4.78, 5) is 1.47. The Morgan fingerprint density at radius 1 is 1.30 bits per heavy atom. The van der Waals surface area contributed by atoms with E-state index in [1.165, 1.54) is 37.0 Å². The third kappa shape index (κ3) is 4.57. The number of nitrogens with one attached hydrogen (secondary N) is 1. The minimum absolute atomic E-state index is 0.377. The molecule has 0 radical (unpaired) electrons. The highest BCUT2D eigenvalue weighted by Gasteiger charge is 2.30. The number of rotatable bonds is 8. The molecule has 1 N–H and O–H groups in total. The van der Waals surface area contributed by atoms with Gasteiger partial charge in [0, 0.05) is 17.5 Å². The Bertz CT molecular complexity index is 346. The molecule has 2 atom stereocenters. The summed E-state index contributed by atoms with van der Waals surface area (Å²) in [6, 6.07) is 4.86. The largest absolute Gasteiger partial charge is 0.377 e. The van der Waals surface area contributed by atoms with Gasteiger partial charge in [-0.2, -0.15) is 0 Å². The summed E-state index contributed by atoms with van der Waals surface area (Å²) in [6.45, 7) is 6.18. The smallest absolute Gasteiger partial charge is 0.0759 e. The molecular weight excluding hydrogens is 266 g/mol. The van der Waals surface area contributed by atoms with Crippen molar-refractivity contribution in [1.82, 2.24) is 5.32 Å². The van der Waals surface area contributed by atoms with Gasteiger partial charge in [0.2, 0.25) is 0 Å². The highest BCUT2D eigenvalue weighted by Crippen LogP contribution is 2.30. The summed E-state index contributed by atoms with van der Waals surface area (Å²) in [6.07, 6.45) is 8.34. The van der Waals surface area contributed by atoms with Crippen LogP contribution in [0.3, 0.4) is 0 Å². The van der Waals surface area contributed by atoms with Crippen LogP contribution in [0.2, 0.25) is 0 Å². The van der Waals surface area contributed by atoms with Crippen molar-refractivity contribution in [1.29, 1.82) is 0 Å². The van der Waals surface area contributed by atoms with Gasteiger partial charge in [-0.15, -0.1) is 11.3 Å². The summed E-state index contributed by atoms with van der Waals surface area (Å²) in [5.41, 5.74) is 0. The first-order valence-corrected chi connectivity index (χ1v) is 9.10. The number of ether oxygens (including phenoxy) is 1. The molecule has 114 valence electrons. The van der Waals surface area contributed by atoms with E-state index in [1.807, 2.05) is 11.3 Å². The van der Waals surface area contributed by atoms with Gasteiger partial charge in [0.05, 0.1) is 6.10 Å². The molecule has 3 heteroatoms. The Kier molecular flexibility index (Phi) is 7.05. The van der Waals surface area contributed by atoms with Crippen LogP contribution in [0.15, 0.2) is 17.5 Å². The molecule has 1 heterocycles. The van der Waals surface area contributed by atoms with Gasteiger partial charge in [-0.05, 0) is 50.1 Å². The molecule has 1 fully saturated rings. The minimum Gasteiger partial charge on any atom is -0.377 e. The zero-order valence-electron chi connectivity index (χ0n) is 12.9. The van der Waals surface area contributed by atoms with E-state index < -0.39 is 0 Å². The van der Waals surface area contributed by atoms with Gasteiger partial charge in [-0.25, -0.2) is 0 Å². The quantitative estimate of drug-likeness (QED) is 0.774. The average Bonchev–Trinajstić information content (AvgIpc) is 2.98. The molecule has 0 spiro atoms. The first kappa shape index (κ1) is 16.0. The molecule has 0 amide bonds. The molecule has 1 aliphatic carbocycles. The third-order valence-electron chi connectivity index (χ3n) is 4.34. The highest BCUT2D eigenvalue weighted by atomic mass is 32.1. The molecule has 0 saturated heterocycles. The fraction of sp³-hybridized carbons (Fsp3) is 0.765. The average molecular weight is 295 g/mol. The Morgan fingerprint density at radius 3 is 2.70 bits per heavy atom. The predicted molar refractivity (Wildman–Crippen MR) is 87.5 cm³/mol. The van der Waals surface area contributed by atoms with Crippen LogP contribution in [0.5, 0.6) is 0 Å². The maximum atomic E-state index is 6.19. The van der Waals surface area contributed by atoms with E-state index in [-0.39, 0.29) is 0 Å². The summed E-state index contributed by atoms with van der Waals surface area (Å²) in [5.74, 6) is 0.743. The summed E-state index contributed by atoms with van der Waals surface area (Å²) >= 11 is 1.86. The van der Waals surface area contributed by atoms with E-state index in [2.05, 4.69) is 36.7 Å². The van der Waals surface area contributed by atoms with Crippen molar-refractivity contribution >= 4 is 11.3 Å². The molecule has 2 nitrogen and oxygen atoms in total. The molecule has 1 saturated carbocycles. The molecule has 2 unspecified atom stereocenters. The van der Waals surface area contributed by atoms with Gasteiger partial charge in [-0.1, -0.05) is 32.3 Å². The Morgan fingerprint density at radius 2 is 2.10 bits per heavy atom. The number of likely N-dealkylation sites (N-methyl/N-ethyl adjacent to an activating group) is 1. The Balaban J connectivity index is 2.04. The predicted octanol–water partition coefficient (Wildman–Crippen LogP) is 4.25. The lowest BCUT2D eigenvalue weighted by Crippen LogP contribution is -2.47. The molecule has 1 aromatic heterocycles. The van der Waals surface area contributed by atoms with Gasteiger partial charge < -0.3 is 10.1 Å². The molecule has 0 aliphatic heterocycles. The monoisotopic (exact) mass is 295 g/mol. The molecular formula is C17H29NOS. The second kappa shape index (κ2) is 8.81. The van der Waals surface area contributed by atoms with Crippen LogP contribution in [-0.2, 0) is 11.2 Å². The van der Waals surface area contributed by atoms with Crippen molar-refractivity contribution < 1.29 is 4.74 Å². The summed E-state index contributed by atoms with van der Waals surface area (Å²) < 4.78 is 6.19. The zero-order valence-corrected chi connectivity index (χ0v) is 13.8.